The second-order valence-corrected chi connectivity index (χ2v) is 3.41. The Bertz CT molecular complexity index is 501. The van der Waals surface area contributed by atoms with Crippen LogP contribution in [0.15, 0.2) is 21.9 Å². The van der Waals surface area contributed by atoms with Gasteiger partial charge < -0.3 is 14.8 Å². The molecule has 1 rings (SSSR count). The van der Waals surface area contributed by atoms with E-state index in [1.165, 1.54) is 23.9 Å². The molecule has 0 saturated heterocycles. The summed E-state index contributed by atoms with van der Waals surface area (Å²) < 4.78 is 1.97. The highest BCUT2D eigenvalue weighted by atomic mass is 16.4. The number of hydrogen-bond acceptors (Lipinski definition) is 4. The third-order valence-electron chi connectivity index (χ3n) is 2.04. The van der Waals surface area contributed by atoms with Crippen molar-refractivity contribution in [2.75, 3.05) is 0 Å². The van der Waals surface area contributed by atoms with Crippen LogP contribution in [-0.4, -0.2) is 31.4 Å². The standard InChI is InChI=1S/C9H12N2O5/c1-10-3-2-7(13)11(9(10)16)5-6(12)4-8(14)15/h2-3,6,12H,4-5H2,1H3,(H,14,15). The predicted octanol–water partition coefficient (Wildman–Crippen LogP) is -1.62. The number of carbonyl (C=O) groups is 1. The van der Waals surface area contributed by atoms with Crippen molar-refractivity contribution in [2.24, 2.45) is 7.05 Å². The van der Waals surface area contributed by atoms with E-state index in [9.17, 15) is 19.5 Å². The summed E-state index contributed by atoms with van der Waals surface area (Å²) in [5.41, 5.74) is -1.15. The number of hydrogen-bond donors (Lipinski definition) is 2. The SMILES string of the molecule is Cn1ccc(=O)n(CC(O)CC(=O)O)c1=O. The van der Waals surface area contributed by atoms with Crippen molar-refractivity contribution in [2.45, 2.75) is 19.1 Å². The molecule has 0 radical (unpaired) electrons. The maximum absolute atomic E-state index is 11.5. The fraction of sp³-hybridized carbons (Fsp3) is 0.444. The van der Waals surface area contributed by atoms with Crippen molar-refractivity contribution in [1.82, 2.24) is 9.13 Å². The summed E-state index contributed by atoms with van der Waals surface area (Å²) in [6.07, 6.45) is -0.458. The molecule has 1 atom stereocenters. The normalized spacial score (nSPS) is 12.4. The van der Waals surface area contributed by atoms with Crippen LogP contribution in [0.3, 0.4) is 0 Å². The lowest BCUT2D eigenvalue weighted by Gasteiger charge is -2.10. The van der Waals surface area contributed by atoms with E-state index < -0.39 is 29.7 Å². The Morgan fingerprint density at radius 1 is 1.50 bits per heavy atom. The maximum Gasteiger partial charge on any atom is 0.330 e. The van der Waals surface area contributed by atoms with Gasteiger partial charge in [-0.15, -0.1) is 0 Å². The van der Waals surface area contributed by atoms with Gasteiger partial charge in [0, 0.05) is 19.3 Å². The highest BCUT2D eigenvalue weighted by Gasteiger charge is 2.13. The zero-order chi connectivity index (χ0) is 12.3. The minimum absolute atomic E-state index is 0.321. The average Bonchev–Trinajstić information content (AvgIpc) is 2.17. The highest BCUT2D eigenvalue weighted by molar-refractivity contribution is 5.67. The van der Waals surface area contributed by atoms with E-state index in [0.717, 1.165) is 4.57 Å². The predicted molar refractivity (Wildman–Crippen MR) is 54.2 cm³/mol. The Hall–Kier alpha value is -1.89. The molecule has 0 saturated carbocycles. The Morgan fingerprint density at radius 2 is 2.12 bits per heavy atom. The molecule has 0 amide bonds. The van der Waals surface area contributed by atoms with Gasteiger partial charge in [0.05, 0.1) is 19.1 Å². The molecule has 0 aliphatic rings. The molecule has 88 valence electrons. The number of aliphatic hydroxyl groups is 1. The van der Waals surface area contributed by atoms with Gasteiger partial charge in [0.1, 0.15) is 0 Å². The van der Waals surface area contributed by atoms with Crippen LogP contribution in [-0.2, 0) is 18.4 Å². The lowest BCUT2D eigenvalue weighted by Crippen LogP contribution is -2.41. The monoisotopic (exact) mass is 228 g/mol. The largest absolute Gasteiger partial charge is 0.481 e. The fourth-order valence-electron chi connectivity index (χ4n) is 1.26. The van der Waals surface area contributed by atoms with Gasteiger partial charge >= 0.3 is 11.7 Å². The summed E-state index contributed by atoms with van der Waals surface area (Å²) in [4.78, 5) is 33.1. The number of carboxylic acids is 1. The molecule has 0 aliphatic heterocycles. The first kappa shape index (κ1) is 12.2. The second-order valence-electron chi connectivity index (χ2n) is 3.41. The quantitative estimate of drug-likeness (QED) is 0.645. The molecule has 0 aliphatic carbocycles. The molecule has 0 fully saturated rings. The van der Waals surface area contributed by atoms with Crippen molar-refractivity contribution in [1.29, 1.82) is 0 Å². The van der Waals surface area contributed by atoms with Crippen LogP contribution in [0.2, 0.25) is 0 Å². The molecule has 0 bridgehead atoms. The van der Waals surface area contributed by atoms with Crippen molar-refractivity contribution in [3.8, 4) is 0 Å². The van der Waals surface area contributed by atoms with E-state index in [1.54, 1.807) is 0 Å². The minimum Gasteiger partial charge on any atom is -0.481 e. The third-order valence-corrected chi connectivity index (χ3v) is 2.04. The molecule has 1 aromatic heterocycles. The molecule has 1 aromatic rings. The third kappa shape index (κ3) is 2.80. The number of aliphatic carboxylic acids is 1. The van der Waals surface area contributed by atoms with Gasteiger partial charge in [-0.3, -0.25) is 14.2 Å². The lowest BCUT2D eigenvalue weighted by molar-refractivity contribution is -0.139. The Kier molecular flexibility index (Phi) is 3.62. The van der Waals surface area contributed by atoms with Crippen molar-refractivity contribution >= 4 is 5.97 Å². The molecule has 0 spiro atoms. The first-order valence-corrected chi connectivity index (χ1v) is 4.58. The molecule has 1 unspecified atom stereocenters. The number of aliphatic hydroxyl groups excluding tert-OH is 1. The van der Waals surface area contributed by atoms with Crippen LogP contribution >= 0.6 is 0 Å². The zero-order valence-corrected chi connectivity index (χ0v) is 8.66. The van der Waals surface area contributed by atoms with Gasteiger partial charge in [-0.2, -0.15) is 0 Å². The van der Waals surface area contributed by atoms with E-state index in [0.29, 0.717) is 0 Å². The summed E-state index contributed by atoms with van der Waals surface area (Å²) in [5.74, 6) is -1.19. The molecule has 2 N–H and O–H groups in total. The maximum atomic E-state index is 11.5. The van der Waals surface area contributed by atoms with Crippen LogP contribution < -0.4 is 11.2 Å². The van der Waals surface area contributed by atoms with E-state index in [1.807, 2.05) is 0 Å². The van der Waals surface area contributed by atoms with Gasteiger partial charge in [-0.1, -0.05) is 0 Å². The van der Waals surface area contributed by atoms with Gasteiger partial charge in [0.25, 0.3) is 5.56 Å². The number of nitrogens with zero attached hydrogens (tertiary/aromatic N) is 2. The topological polar surface area (TPSA) is 102 Å². The molecular weight excluding hydrogens is 216 g/mol. The van der Waals surface area contributed by atoms with Crippen molar-refractivity contribution < 1.29 is 15.0 Å². The molecule has 7 heteroatoms. The van der Waals surface area contributed by atoms with E-state index in [4.69, 9.17) is 5.11 Å². The van der Waals surface area contributed by atoms with E-state index in [2.05, 4.69) is 0 Å². The van der Waals surface area contributed by atoms with Crippen LogP contribution in [0.5, 0.6) is 0 Å². The summed E-state index contributed by atoms with van der Waals surface area (Å²) in [5, 5.41) is 17.7. The lowest BCUT2D eigenvalue weighted by atomic mass is 10.2. The zero-order valence-electron chi connectivity index (χ0n) is 8.66. The highest BCUT2D eigenvalue weighted by Crippen LogP contribution is 1.93. The summed E-state index contributed by atoms with van der Waals surface area (Å²) >= 11 is 0. The Morgan fingerprint density at radius 3 is 2.69 bits per heavy atom. The molecule has 7 nitrogen and oxygen atoms in total. The Labute approximate surface area is 90.2 Å². The first-order valence-electron chi connectivity index (χ1n) is 4.58. The summed E-state index contributed by atoms with van der Waals surface area (Å²) in [6, 6.07) is 1.18. The van der Waals surface area contributed by atoms with Crippen LogP contribution in [0, 0.1) is 0 Å². The number of rotatable bonds is 4. The van der Waals surface area contributed by atoms with Crippen LogP contribution in [0.1, 0.15) is 6.42 Å². The number of aromatic nitrogens is 2. The fourth-order valence-corrected chi connectivity index (χ4v) is 1.26. The van der Waals surface area contributed by atoms with Gasteiger partial charge in [0.2, 0.25) is 0 Å². The van der Waals surface area contributed by atoms with Gasteiger partial charge in [-0.25, -0.2) is 4.79 Å². The molecular formula is C9H12N2O5. The second kappa shape index (κ2) is 4.75. The van der Waals surface area contributed by atoms with Crippen molar-refractivity contribution in [3.05, 3.63) is 33.1 Å². The number of carboxylic acid groups (broad SMARTS) is 1. The van der Waals surface area contributed by atoms with Crippen LogP contribution in [0.4, 0.5) is 0 Å². The molecule has 0 aromatic carbocycles. The van der Waals surface area contributed by atoms with E-state index in [-0.39, 0.29) is 6.54 Å². The van der Waals surface area contributed by atoms with Crippen LogP contribution in [0.25, 0.3) is 0 Å². The average molecular weight is 228 g/mol. The summed E-state index contributed by atoms with van der Waals surface area (Å²) in [6.45, 7) is -0.321. The Balaban J connectivity index is 2.97. The molecule has 16 heavy (non-hydrogen) atoms. The molecule has 1 heterocycles. The van der Waals surface area contributed by atoms with E-state index >= 15 is 0 Å². The minimum atomic E-state index is -1.26. The smallest absolute Gasteiger partial charge is 0.330 e. The number of aryl methyl sites for hydroxylation is 1. The van der Waals surface area contributed by atoms with Crippen molar-refractivity contribution in [3.63, 3.8) is 0 Å². The summed E-state index contributed by atoms with van der Waals surface area (Å²) in [7, 11) is 1.46. The van der Waals surface area contributed by atoms with Gasteiger partial charge in [0.15, 0.2) is 0 Å². The first-order chi connectivity index (χ1) is 7.41. The van der Waals surface area contributed by atoms with Gasteiger partial charge in [-0.05, 0) is 0 Å².